The molecule has 0 amide bonds. The Kier molecular flexibility index (Phi) is 4.97. The van der Waals surface area contributed by atoms with Gasteiger partial charge in [0.05, 0.1) is 11.9 Å². The number of nitrogens with one attached hydrogen (secondary N) is 2. The van der Waals surface area contributed by atoms with Crippen LogP contribution in [0, 0.1) is 12.8 Å². The van der Waals surface area contributed by atoms with Crippen LogP contribution in [0.4, 0.5) is 0 Å². The van der Waals surface area contributed by atoms with Crippen LogP contribution in [0.3, 0.4) is 0 Å². The van der Waals surface area contributed by atoms with Gasteiger partial charge in [-0.15, -0.1) is 11.6 Å². The lowest BCUT2D eigenvalue weighted by Gasteiger charge is -2.12. The Hall–Kier alpha value is -0.590. The number of aryl methyl sites for hydroxylation is 1. The van der Waals surface area contributed by atoms with Gasteiger partial charge in [0.1, 0.15) is 4.90 Å². The molecule has 0 radical (unpaired) electrons. The van der Waals surface area contributed by atoms with Crippen molar-refractivity contribution in [3.05, 3.63) is 11.9 Å². The number of aromatic amines is 1. The van der Waals surface area contributed by atoms with E-state index in [2.05, 4.69) is 14.9 Å². The molecule has 5 nitrogen and oxygen atoms in total. The number of H-pyrrole nitrogens is 1. The van der Waals surface area contributed by atoms with Crippen molar-refractivity contribution in [3.8, 4) is 0 Å². The second-order valence-electron chi connectivity index (χ2n) is 4.44. The molecule has 1 atom stereocenters. The first-order valence-corrected chi connectivity index (χ1v) is 7.38. The zero-order valence-corrected chi connectivity index (χ0v) is 11.8. The van der Waals surface area contributed by atoms with E-state index in [1.807, 2.05) is 13.8 Å². The Morgan fingerprint density at radius 2 is 2.18 bits per heavy atom. The fourth-order valence-corrected chi connectivity index (χ4v) is 3.22. The van der Waals surface area contributed by atoms with Gasteiger partial charge in [0.2, 0.25) is 10.0 Å². The van der Waals surface area contributed by atoms with Crippen molar-refractivity contribution in [3.63, 3.8) is 0 Å². The van der Waals surface area contributed by atoms with Crippen molar-refractivity contribution in [2.24, 2.45) is 5.92 Å². The third kappa shape index (κ3) is 4.29. The van der Waals surface area contributed by atoms with Gasteiger partial charge in [0, 0.05) is 11.9 Å². The monoisotopic (exact) mass is 279 g/mol. The highest BCUT2D eigenvalue weighted by Gasteiger charge is 2.19. The van der Waals surface area contributed by atoms with Crippen LogP contribution in [0.15, 0.2) is 11.1 Å². The Bertz CT molecular complexity index is 456. The van der Waals surface area contributed by atoms with E-state index in [1.165, 1.54) is 6.20 Å². The molecule has 1 rings (SSSR count). The van der Waals surface area contributed by atoms with Gasteiger partial charge in [-0.25, -0.2) is 13.1 Å². The molecule has 0 aliphatic heterocycles. The number of hydrogen-bond donors (Lipinski definition) is 2. The number of nitrogens with zero attached hydrogens (tertiary/aromatic N) is 1. The van der Waals surface area contributed by atoms with Gasteiger partial charge in [-0.3, -0.25) is 5.10 Å². The van der Waals surface area contributed by atoms with Crippen LogP contribution in [0.25, 0.3) is 0 Å². The Labute approximate surface area is 107 Å². The second kappa shape index (κ2) is 5.84. The molecule has 0 bridgehead atoms. The van der Waals surface area contributed by atoms with Gasteiger partial charge in [-0.05, 0) is 19.3 Å². The number of alkyl halides is 1. The van der Waals surface area contributed by atoms with E-state index in [0.29, 0.717) is 11.6 Å². The highest BCUT2D eigenvalue weighted by atomic mass is 35.5. The summed E-state index contributed by atoms with van der Waals surface area (Å²) in [5.74, 6) is 0.442. The lowest BCUT2D eigenvalue weighted by molar-refractivity contribution is 0.544. The summed E-state index contributed by atoms with van der Waals surface area (Å²) in [5.41, 5.74) is 0.521. The normalized spacial score (nSPS) is 14.2. The molecule has 0 fully saturated rings. The molecule has 2 N–H and O–H groups in total. The molecular formula is C10H18ClN3O2S. The molecule has 1 aromatic heterocycles. The second-order valence-corrected chi connectivity index (χ2v) is 6.79. The maximum absolute atomic E-state index is 11.9. The van der Waals surface area contributed by atoms with Gasteiger partial charge < -0.3 is 0 Å². The van der Waals surface area contributed by atoms with Gasteiger partial charge in [-0.2, -0.15) is 5.10 Å². The molecule has 0 aromatic carbocycles. The molecular weight excluding hydrogens is 262 g/mol. The molecule has 0 saturated carbocycles. The van der Waals surface area contributed by atoms with Crippen LogP contribution in [0.1, 0.15) is 26.0 Å². The zero-order valence-electron chi connectivity index (χ0n) is 10.2. The van der Waals surface area contributed by atoms with Crippen molar-refractivity contribution in [1.29, 1.82) is 0 Å². The summed E-state index contributed by atoms with van der Waals surface area (Å²) in [4.78, 5) is 0.172. The van der Waals surface area contributed by atoms with E-state index in [9.17, 15) is 8.42 Å². The van der Waals surface area contributed by atoms with Crippen molar-refractivity contribution in [2.45, 2.75) is 37.5 Å². The first-order chi connectivity index (χ1) is 7.83. The van der Waals surface area contributed by atoms with Gasteiger partial charge >= 0.3 is 0 Å². The summed E-state index contributed by atoms with van der Waals surface area (Å²) >= 11 is 6.03. The van der Waals surface area contributed by atoms with Crippen LogP contribution in [0.5, 0.6) is 0 Å². The summed E-state index contributed by atoms with van der Waals surface area (Å²) in [6.45, 7) is 5.98. The standard InChI is InChI=1S/C10H18ClN3O2S/c1-7(2)4-9(11)5-13-17(15,16)10-6-12-14-8(10)3/h6-7,9,13H,4-5H2,1-3H3,(H,12,14). The maximum Gasteiger partial charge on any atom is 0.243 e. The fourth-order valence-electron chi connectivity index (χ4n) is 1.48. The molecule has 7 heteroatoms. The molecule has 0 spiro atoms. The Balaban J connectivity index is 2.60. The largest absolute Gasteiger partial charge is 0.281 e. The minimum atomic E-state index is -3.51. The quantitative estimate of drug-likeness (QED) is 0.778. The zero-order chi connectivity index (χ0) is 13.1. The van der Waals surface area contributed by atoms with Crippen molar-refractivity contribution < 1.29 is 8.42 Å². The first kappa shape index (κ1) is 14.5. The number of sulfonamides is 1. The third-order valence-corrected chi connectivity index (χ3v) is 4.16. The fraction of sp³-hybridized carbons (Fsp3) is 0.700. The molecule has 0 aliphatic rings. The van der Waals surface area contributed by atoms with Crippen molar-refractivity contribution in [2.75, 3.05) is 6.54 Å². The van der Waals surface area contributed by atoms with E-state index < -0.39 is 10.0 Å². The third-order valence-electron chi connectivity index (χ3n) is 2.30. The molecule has 17 heavy (non-hydrogen) atoms. The topological polar surface area (TPSA) is 74.8 Å². The lowest BCUT2D eigenvalue weighted by Crippen LogP contribution is -2.30. The Morgan fingerprint density at radius 1 is 1.53 bits per heavy atom. The number of aromatic nitrogens is 2. The average Bonchev–Trinajstić information content (AvgIpc) is 2.61. The van der Waals surface area contributed by atoms with Gasteiger partial charge in [0.25, 0.3) is 0 Å². The predicted octanol–water partition coefficient (Wildman–Crippen LogP) is 1.65. The van der Waals surface area contributed by atoms with Crippen LogP contribution in [-0.4, -0.2) is 30.5 Å². The summed E-state index contributed by atoms with van der Waals surface area (Å²) in [7, 11) is -3.51. The minimum absolute atomic E-state index is 0.172. The highest BCUT2D eigenvalue weighted by molar-refractivity contribution is 7.89. The maximum atomic E-state index is 11.9. The molecule has 0 saturated heterocycles. The van der Waals surface area contributed by atoms with Gasteiger partial charge in [-0.1, -0.05) is 13.8 Å². The smallest absolute Gasteiger partial charge is 0.243 e. The summed E-state index contributed by atoms with van der Waals surface area (Å²) < 4.78 is 26.2. The number of hydrogen-bond acceptors (Lipinski definition) is 3. The molecule has 1 heterocycles. The van der Waals surface area contributed by atoms with Crippen molar-refractivity contribution >= 4 is 21.6 Å². The molecule has 1 aromatic rings. The summed E-state index contributed by atoms with van der Waals surface area (Å²) in [6.07, 6.45) is 2.07. The van der Waals surface area contributed by atoms with E-state index in [1.54, 1.807) is 6.92 Å². The van der Waals surface area contributed by atoms with Gasteiger partial charge in [0.15, 0.2) is 0 Å². The van der Waals surface area contributed by atoms with Crippen LogP contribution >= 0.6 is 11.6 Å². The number of rotatable bonds is 6. The van der Waals surface area contributed by atoms with E-state index in [-0.39, 0.29) is 16.8 Å². The van der Waals surface area contributed by atoms with Crippen LogP contribution < -0.4 is 4.72 Å². The van der Waals surface area contributed by atoms with Crippen LogP contribution in [-0.2, 0) is 10.0 Å². The molecule has 0 aliphatic carbocycles. The predicted molar refractivity (Wildman–Crippen MR) is 67.6 cm³/mol. The SMILES string of the molecule is Cc1[nH]ncc1S(=O)(=O)NCC(Cl)CC(C)C. The highest BCUT2D eigenvalue weighted by Crippen LogP contribution is 2.13. The van der Waals surface area contributed by atoms with E-state index >= 15 is 0 Å². The molecule has 98 valence electrons. The van der Waals surface area contributed by atoms with Crippen LogP contribution in [0.2, 0.25) is 0 Å². The summed E-state index contributed by atoms with van der Waals surface area (Å²) in [5, 5.41) is 6.08. The Morgan fingerprint density at radius 3 is 2.65 bits per heavy atom. The number of halogens is 1. The summed E-state index contributed by atoms with van der Waals surface area (Å²) in [6, 6.07) is 0. The van der Waals surface area contributed by atoms with Crippen molar-refractivity contribution in [1.82, 2.24) is 14.9 Å². The lowest BCUT2D eigenvalue weighted by atomic mass is 10.1. The minimum Gasteiger partial charge on any atom is -0.281 e. The van der Waals surface area contributed by atoms with E-state index in [0.717, 1.165) is 6.42 Å². The van der Waals surface area contributed by atoms with E-state index in [4.69, 9.17) is 11.6 Å². The average molecular weight is 280 g/mol. The molecule has 1 unspecified atom stereocenters. The first-order valence-electron chi connectivity index (χ1n) is 5.46.